The lowest BCUT2D eigenvalue weighted by atomic mass is 9.85. The molecule has 0 aliphatic heterocycles. The van der Waals surface area contributed by atoms with Gasteiger partial charge in [0.1, 0.15) is 11.4 Å². The van der Waals surface area contributed by atoms with Gasteiger partial charge < -0.3 is 9.84 Å². The van der Waals surface area contributed by atoms with Crippen molar-refractivity contribution in [1.29, 1.82) is 0 Å². The molecule has 1 aliphatic rings. The second-order valence-corrected chi connectivity index (χ2v) is 4.90. The fourth-order valence-corrected chi connectivity index (χ4v) is 2.45. The topological polar surface area (TPSA) is 29.5 Å². The Kier molecular flexibility index (Phi) is 3.72. The number of rotatable bonds is 3. The zero-order valence-corrected chi connectivity index (χ0v) is 10.0. The van der Waals surface area contributed by atoms with Crippen LogP contribution in [0.1, 0.15) is 32.1 Å². The molecule has 2 rings (SSSR count). The van der Waals surface area contributed by atoms with Gasteiger partial charge in [-0.2, -0.15) is 0 Å². The number of aliphatic hydroxyl groups excluding tert-OH is 1. The fourth-order valence-electron chi connectivity index (χ4n) is 2.27. The Bertz CT molecular complexity index is 346. The molecule has 0 aromatic heterocycles. The predicted molar refractivity (Wildman–Crippen MR) is 65.0 cm³/mol. The fraction of sp³-hybridized carbons (Fsp3) is 0.538. The van der Waals surface area contributed by atoms with Gasteiger partial charge in [0, 0.05) is 5.02 Å². The second kappa shape index (κ2) is 5.07. The van der Waals surface area contributed by atoms with Crippen molar-refractivity contribution < 1.29 is 9.84 Å². The van der Waals surface area contributed by atoms with Crippen LogP contribution in [0.2, 0.25) is 5.02 Å². The van der Waals surface area contributed by atoms with E-state index in [-0.39, 0.29) is 12.2 Å². The van der Waals surface area contributed by atoms with Gasteiger partial charge >= 0.3 is 0 Å². The molecule has 3 heteroatoms. The summed E-state index contributed by atoms with van der Waals surface area (Å²) in [5, 5.41) is 10.2. The van der Waals surface area contributed by atoms with Gasteiger partial charge in [-0.25, -0.2) is 0 Å². The largest absolute Gasteiger partial charge is 0.485 e. The molecule has 0 bridgehead atoms. The number of benzene rings is 1. The summed E-state index contributed by atoms with van der Waals surface area (Å²) in [7, 11) is 0. The van der Waals surface area contributed by atoms with E-state index in [0.717, 1.165) is 31.4 Å². The molecule has 1 fully saturated rings. The normalized spacial score (nSPS) is 19.4. The highest BCUT2D eigenvalue weighted by Gasteiger charge is 2.33. The van der Waals surface area contributed by atoms with Crippen LogP contribution in [0.15, 0.2) is 24.3 Å². The van der Waals surface area contributed by atoms with E-state index in [1.807, 2.05) is 18.2 Å². The molecule has 0 heterocycles. The maximum Gasteiger partial charge on any atom is 0.132 e. The summed E-state index contributed by atoms with van der Waals surface area (Å²) in [6.45, 7) is 0.0829. The lowest BCUT2D eigenvalue weighted by Crippen LogP contribution is -2.41. The lowest BCUT2D eigenvalue weighted by Gasteiger charge is -2.36. The van der Waals surface area contributed by atoms with Gasteiger partial charge in [0.05, 0.1) is 6.61 Å². The van der Waals surface area contributed by atoms with E-state index in [9.17, 15) is 5.11 Å². The van der Waals surface area contributed by atoms with Gasteiger partial charge in [-0.1, -0.05) is 24.1 Å². The first kappa shape index (κ1) is 11.7. The first-order valence-electron chi connectivity index (χ1n) is 5.80. The van der Waals surface area contributed by atoms with Crippen molar-refractivity contribution in [2.45, 2.75) is 37.7 Å². The highest BCUT2D eigenvalue weighted by Crippen LogP contribution is 2.33. The number of hydrogen-bond acceptors (Lipinski definition) is 2. The Hall–Kier alpha value is -0.730. The van der Waals surface area contributed by atoms with Crippen LogP contribution in [-0.4, -0.2) is 17.3 Å². The zero-order chi connectivity index (χ0) is 11.4. The molecular weight excluding hydrogens is 224 g/mol. The van der Waals surface area contributed by atoms with Crippen LogP contribution in [-0.2, 0) is 0 Å². The number of hydrogen-bond donors (Lipinski definition) is 1. The Morgan fingerprint density at radius 1 is 1.25 bits per heavy atom. The lowest BCUT2D eigenvalue weighted by molar-refractivity contribution is -0.0198. The first-order chi connectivity index (χ1) is 7.74. The second-order valence-electron chi connectivity index (χ2n) is 4.46. The molecule has 1 N–H and O–H groups in total. The molecule has 1 aromatic rings. The Labute approximate surface area is 101 Å². The van der Waals surface area contributed by atoms with E-state index in [0.29, 0.717) is 5.02 Å². The van der Waals surface area contributed by atoms with Gasteiger partial charge in [0.2, 0.25) is 0 Å². The van der Waals surface area contributed by atoms with Crippen LogP contribution in [0.25, 0.3) is 0 Å². The molecule has 1 saturated carbocycles. The highest BCUT2D eigenvalue weighted by atomic mass is 35.5. The van der Waals surface area contributed by atoms with Crippen molar-refractivity contribution in [2.24, 2.45) is 0 Å². The molecule has 16 heavy (non-hydrogen) atoms. The van der Waals surface area contributed by atoms with E-state index in [1.54, 1.807) is 6.07 Å². The van der Waals surface area contributed by atoms with Crippen molar-refractivity contribution in [1.82, 2.24) is 0 Å². The molecule has 0 atom stereocenters. The minimum atomic E-state index is -0.386. The van der Waals surface area contributed by atoms with Crippen molar-refractivity contribution in [3.8, 4) is 5.75 Å². The Morgan fingerprint density at radius 3 is 2.62 bits per heavy atom. The summed E-state index contributed by atoms with van der Waals surface area (Å²) in [4.78, 5) is 0. The van der Waals surface area contributed by atoms with Crippen LogP contribution < -0.4 is 4.74 Å². The average molecular weight is 241 g/mol. The molecular formula is C13H17ClO2. The number of halogens is 1. The van der Waals surface area contributed by atoms with Gasteiger partial charge in [0.15, 0.2) is 0 Å². The smallest absolute Gasteiger partial charge is 0.132 e. The van der Waals surface area contributed by atoms with E-state index >= 15 is 0 Å². The van der Waals surface area contributed by atoms with Gasteiger partial charge in [-0.15, -0.1) is 0 Å². The van der Waals surface area contributed by atoms with Crippen LogP contribution in [0.5, 0.6) is 5.75 Å². The minimum absolute atomic E-state index is 0.0829. The van der Waals surface area contributed by atoms with Crippen LogP contribution in [0.3, 0.4) is 0 Å². The van der Waals surface area contributed by atoms with E-state index in [2.05, 4.69) is 0 Å². The highest BCUT2D eigenvalue weighted by molar-refractivity contribution is 6.30. The maximum absolute atomic E-state index is 9.51. The SMILES string of the molecule is OCC1(Oc2cccc(Cl)c2)CCCCC1. The zero-order valence-electron chi connectivity index (χ0n) is 9.29. The summed E-state index contributed by atoms with van der Waals surface area (Å²) in [6, 6.07) is 7.37. The van der Waals surface area contributed by atoms with Crippen LogP contribution in [0, 0.1) is 0 Å². The Balaban J connectivity index is 2.11. The summed E-state index contributed by atoms with van der Waals surface area (Å²) in [6.07, 6.45) is 5.34. The third kappa shape index (κ3) is 2.69. The molecule has 88 valence electrons. The molecule has 0 unspecified atom stereocenters. The summed E-state index contributed by atoms with van der Waals surface area (Å²) < 4.78 is 5.94. The molecule has 1 aliphatic carbocycles. The number of aliphatic hydroxyl groups is 1. The molecule has 1 aromatic carbocycles. The van der Waals surface area contributed by atoms with Crippen LogP contribution >= 0.6 is 11.6 Å². The van der Waals surface area contributed by atoms with E-state index in [4.69, 9.17) is 16.3 Å². The van der Waals surface area contributed by atoms with Crippen molar-refractivity contribution in [3.63, 3.8) is 0 Å². The quantitative estimate of drug-likeness (QED) is 0.877. The third-order valence-corrected chi connectivity index (χ3v) is 3.42. The van der Waals surface area contributed by atoms with E-state index < -0.39 is 0 Å². The van der Waals surface area contributed by atoms with Gasteiger partial charge in [-0.05, 0) is 43.9 Å². The predicted octanol–water partition coefficient (Wildman–Crippen LogP) is 3.41. The summed E-state index contributed by atoms with van der Waals surface area (Å²) in [5.74, 6) is 0.753. The third-order valence-electron chi connectivity index (χ3n) is 3.18. The van der Waals surface area contributed by atoms with Gasteiger partial charge in [0.25, 0.3) is 0 Å². The summed E-state index contributed by atoms with van der Waals surface area (Å²) >= 11 is 5.91. The monoisotopic (exact) mass is 240 g/mol. The standard InChI is InChI=1S/C13H17ClO2/c14-11-5-4-6-12(9-11)16-13(10-15)7-2-1-3-8-13/h4-6,9,15H,1-3,7-8,10H2. The average Bonchev–Trinajstić information content (AvgIpc) is 2.30. The maximum atomic E-state index is 9.51. The van der Waals surface area contributed by atoms with Crippen LogP contribution in [0.4, 0.5) is 0 Å². The molecule has 0 saturated heterocycles. The summed E-state index contributed by atoms with van der Waals surface area (Å²) in [5.41, 5.74) is -0.386. The molecule has 0 amide bonds. The molecule has 0 spiro atoms. The Morgan fingerprint density at radius 2 is 2.00 bits per heavy atom. The first-order valence-corrected chi connectivity index (χ1v) is 6.17. The van der Waals surface area contributed by atoms with Crippen molar-refractivity contribution >= 4 is 11.6 Å². The van der Waals surface area contributed by atoms with Crippen molar-refractivity contribution in [3.05, 3.63) is 29.3 Å². The van der Waals surface area contributed by atoms with Crippen molar-refractivity contribution in [2.75, 3.05) is 6.61 Å². The van der Waals surface area contributed by atoms with Gasteiger partial charge in [-0.3, -0.25) is 0 Å². The number of ether oxygens (including phenoxy) is 1. The van der Waals surface area contributed by atoms with E-state index in [1.165, 1.54) is 6.42 Å². The molecule has 0 radical (unpaired) electrons. The molecule has 2 nitrogen and oxygen atoms in total. The minimum Gasteiger partial charge on any atom is -0.485 e.